The summed E-state index contributed by atoms with van der Waals surface area (Å²) >= 11 is 6.04. The summed E-state index contributed by atoms with van der Waals surface area (Å²) in [4.78, 5) is 32.9. The van der Waals surface area contributed by atoms with E-state index in [2.05, 4.69) is 15.0 Å². The second kappa shape index (κ2) is 9.14. The lowest BCUT2D eigenvalue weighted by Crippen LogP contribution is -2.48. The van der Waals surface area contributed by atoms with Crippen molar-refractivity contribution in [2.45, 2.75) is 32.2 Å². The highest BCUT2D eigenvalue weighted by Gasteiger charge is 2.33. The van der Waals surface area contributed by atoms with Gasteiger partial charge in [-0.2, -0.15) is 4.98 Å². The summed E-state index contributed by atoms with van der Waals surface area (Å²) in [7, 11) is 0. The molecule has 2 aliphatic rings. The van der Waals surface area contributed by atoms with Gasteiger partial charge in [0.15, 0.2) is 0 Å². The largest absolute Gasteiger partial charge is 0.369 e. The number of hydrogen-bond donors (Lipinski definition) is 1. The van der Waals surface area contributed by atoms with Crippen molar-refractivity contribution in [1.82, 2.24) is 19.9 Å². The third-order valence-corrected chi connectivity index (χ3v) is 6.21. The number of nitrogens with zero attached hydrogens (tertiary/aromatic N) is 4. The van der Waals surface area contributed by atoms with Gasteiger partial charge in [-0.1, -0.05) is 28.9 Å². The number of benzene rings is 1. The average Bonchev–Trinajstić information content (AvgIpc) is 3.22. The third-order valence-electron chi connectivity index (χ3n) is 5.97. The Bertz CT molecular complexity index is 910. The summed E-state index contributed by atoms with van der Waals surface area (Å²) in [5, 5.41) is 4.68. The maximum absolute atomic E-state index is 13.0. The molecule has 1 unspecified atom stereocenters. The van der Waals surface area contributed by atoms with Gasteiger partial charge in [0.1, 0.15) is 0 Å². The lowest BCUT2D eigenvalue weighted by molar-refractivity contribution is -0.140. The van der Waals surface area contributed by atoms with Gasteiger partial charge in [-0.05, 0) is 44.4 Å². The molecule has 1 atom stereocenters. The summed E-state index contributed by atoms with van der Waals surface area (Å²) in [6, 6.07) is 7.33. The number of carbonyl (C=O) groups excluding carboxylic acids is 2. The van der Waals surface area contributed by atoms with E-state index in [9.17, 15) is 9.59 Å². The van der Waals surface area contributed by atoms with Crippen molar-refractivity contribution in [2.24, 2.45) is 17.6 Å². The predicted molar refractivity (Wildman–Crippen MR) is 111 cm³/mol. The van der Waals surface area contributed by atoms with Crippen LogP contribution in [0.25, 0.3) is 11.4 Å². The number of nitrogens with two attached hydrogens (primary N) is 1. The molecule has 0 spiro atoms. The van der Waals surface area contributed by atoms with E-state index in [1.54, 1.807) is 12.1 Å². The molecule has 0 saturated carbocycles. The van der Waals surface area contributed by atoms with Crippen LogP contribution in [0.4, 0.5) is 0 Å². The molecule has 160 valence electrons. The molecule has 30 heavy (non-hydrogen) atoms. The van der Waals surface area contributed by atoms with Crippen LogP contribution < -0.4 is 5.73 Å². The third kappa shape index (κ3) is 4.82. The molecule has 1 aromatic carbocycles. The van der Waals surface area contributed by atoms with E-state index in [4.69, 9.17) is 21.9 Å². The normalized spacial score (nSPS) is 21.0. The van der Waals surface area contributed by atoms with Gasteiger partial charge in [-0.25, -0.2) is 0 Å². The topological polar surface area (TPSA) is 106 Å². The van der Waals surface area contributed by atoms with Crippen molar-refractivity contribution in [3.63, 3.8) is 0 Å². The number of halogens is 1. The fourth-order valence-electron chi connectivity index (χ4n) is 4.30. The molecule has 4 rings (SSSR count). The minimum atomic E-state index is -0.261. The summed E-state index contributed by atoms with van der Waals surface area (Å²) in [5.74, 6) is 0.799. The standard InChI is InChI=1S/C21H26ClN5O3/c22-17-5-1-3-15(11-17)20-24-18(30-25-20)13-26-8-2-4-16(12-26)21(29)27-9-6-14(7-10-27)19(23)28/h1,3,5,11,14,16H,2,4,6-10,12-13H2,(H2,23,28). The summed E-state index contributed by atoms with van der Waals surface area (Å²) < 4.78 is 5.42. The second-order valence-electron chi connectivity index (χ2n) is 8.10. The van der Waals surface area contributed by atoms with Crippen LogP contribution in [0.2, 0.25) is 5.02 Å². The van der Waals surface area contributed by atoms with Crippen LogP contribution in [-0.2, 0) is 16.1 Å². The Morgan fingerprint density at radius 3 is 2.70 bits per heavy atom. The molecule has 8 nitrogen and oxygen atoms in total. The highest BCUT2D eigenvalue weighted by Crippen LogP contribution is 2.25. The quantitative estimate of drug-likeness (QED) is 0.778. The van der Waals surface area contributed by atoms with E-state index >= 15 is 0 Å². The molecule has 2 saturated heterocycles. The monoisotopic (exact) mass is 431 g/mol. The highest BCUT2D eigenvalue weighted by molar-refractivity contribution is 6.30. The van der Waals surface area contributed by atoms with Gasteiger partial charge in [0.25, 0.3) is 0 Å². The Balaban J connectivity index is 1.33. The fourth-order valence-corrected chi connectivity index (χ4v) is 4.49. The van der Waals surface area contributed by atoms with Gasteiger partial charge < -0.3 is 15.2 Å². The Kier molecular flexibility index (Phi) is 6.34. The first kappa shape index (κ1) is 20.8. The molecule has 2 fully saturated rings. The SMILES string of the molecule is NC(=O)C1CCN(C(=O)C2CCCN(Cc3nc(-c4cccc(Cl)c4)no3)C2)CC1. The lowest BCUT2D eigenvalue weighted by atomic mass is 9.92. The van der Waals surface area contributed by atoms with Crippen LogP contribution in [0.5, 0.6) is 0 Å². The minimum Gasteiger partial charge on any atom is -0.369 e. The zero-order valence-electron chi connectivity index (χ0n) is 16.8. The number of rotatable bonds is 5. The smallest absolute Gasteiger partial charge is 0.241 e. The molecule has 0 aliphatic carbocycles. The van der Waals surface area contributed by atoms with E-state index < -0.39 is 0 Å². The van der Waals surface area contributed by atoms with Gasteiger partial charge in [0.2, 0.25) is 23.5 Å². The van der Waals surface area contributed by atoms with Crippen LogP contribution in [-0.4, -0.2) is 57.9 Å². The Labute approximate surface area is 180 Å². The van der Waals surface area contributed by atoms with Gasteiger partial charge >= 0.3 is 0 Å². The van der Waals surface area contributed by atoms with Gasteiger partial charge in [-0.15, -0.1) is 0 Å². The van der Waals surface area contributed by atoms with Crippen molar-refractivity contribution in [2.75, 3.05) is 26.2 Å². The molecule has 0 bridgehead atoms. The first-order chi connectivity index (χ1) is 14.5. The minimum absolute atomic E-state index is 0.0424. The highest BCUT2D eigenvalue weighted by atomic mass is 35.5. The van der Waals surface area contributed by atoms with Gasteiger partial charge in [0, 0.05) is 36.1 Å². The number of amides is 2. The summed E-state index contributed by atoms with van der Waals surface area (Å²) in [5.41, 5.74) is 6.20. The Morgan fingerprint density at radius 2 is 1.97 bits per heavy atom. The molecular weight excluding hydrogens is 406 g/mol. The number of aromatic nitrogens is 2. The van der Waals surface area contributed by atoms with Gasteiger partial charge in [-0.3, -0.25) is 14.5 Å². The number of carbonyl (C=O) groups is 2. The first-order valence-electron chi connectivity index (χ1n) is 10.4. The van der Waals surface area contributed by atoms with Gasteiger partial charge in [0.05, 0.1) is 12.5 Å². The zero-order valence-corrected chi connectivity index (χ0v) is 17.6. The summed E-state index contributed by atoms with van der Waals surface area (Å²) in [6.07, 6.45) is 3.14. The van der Waals surface area contributed by atoms with Crippen LogP contribution in [0, 0.1) is 11.8 Å². The van der Waals surface area contributed by atoms with Crippen molar-refractivity contribution in [3.8, 4) is 11.4 Å². The van der Waals surface area contributed by atoms with Crippen molar-refractivity contribution in [1.29, 1.82) is 0 Å². The summed E-state index contributed by atoms with van der Waals surface area (Å²) in [6.45, 7) is 3.29. The van der Waals surface area contributed by atoms with E-state index in [-0.39, 0.29) is 23.7 Å². The van der Waals surface area contributed by atoms with E-state index in [0.717, 1.165) is 24.9 Å². The zero-order chi connectivity index (χ0) is 21.1. The number of likely N-dealkylation sites (tertiary alicyclic amines) is 2. The number of primary amides is 1. The molecule has 3 heterocycles. The fraction of sp³-hybridized carbons (Fsp3) is 0.524. The van der Waals surface area contributed by atoms with E-state index in [1.807, 2.05) is 17.0 Å². The van der Waals surface area contributed by atoms with Crippen LogP contribution in [0.15, 0.2) is 28.8 Å². The van der Waals surface area contributed by atoms with Crippen molar-refractivity contribution >= 4 is 23.4 Å². The number of hydrogen-bond acceptors (Lipinski definition) is 6. The Morgan fingerprint density at radius 1 is 1.17 bits per heavy atom. The van der Waals surface area contributed by atoms with E-state index in [0.29, 0.717) is 55.8 Å². The molecule has 9 heteroatoms. The second-order valence-corrected chi connectivity index (χ2v) is 8.53. The van der Waals surface area contributed by atoms with Crippen LogP contribution in [0.3, 0.4) is 0 Å². The predicted octanol–water partition coefficient (Wildman–Crippen LogP) is 2.33. The molecule has 2 aliphatic heterocycles. The molecule has 1 aromatic heterocycles. The molecule has 2 amide bonds. The maximum atomic E-state index is 13.0. The molecule has 2 aromatic rings. The number of piperidine rings is 2. The molecular formula is C21H26ClN5O3. The Hall–Kier alpha value is -2.45. The van der Waals surface area contributed by atoms with Crippen LogP contribution >= 0.6 is 11.6 Å². The van der Waals surface area contributed by atoms with E-state index in [1.165, 1.54) is 0 Å². The average molecular weight is 432 g/mol. The molecule has 0 radical (unpaired) electrons. The lowest BCUT2D eigenvalue weighted by Gasteiger charge is -2.37. The molecule has 2 N–H and O–H groups in total. The van der Waals surface area contributed by atoms with Crippen LogP contribution in [0.1, 0.15) is 31.6 Å². The first-order valence-corrected chi connectivity index (χ1v) is 10.8. The van der Waals surface area contributed by atoms with Crippen molar-refractivity contribution < 1.29 is 14.1 Å². The maximum Gasteiger partial charge on any atom is 0.241 e. The van der Waals surface area contributed by atoms with Crippen molar-refractivity contribution in [3.05, 3.63) is 35.2 Å².